The maximum Gasteiger partial charge on any atom is 0.311 e. The molecule has 0 unspecified atom stereocenters. The Bertz CT molecular complexity index is 721. The van der Waals surface area contributed by atoms with E-state index in [-0.39, 0.29) is 29.6 Å². The molecule has 0 spiro atoms. The van der Waals surface area contributed by atoms with Crippen LogP contribution >= 0.6 is 0 Å². The van der Waals surface area contributed by atoms with E-state index in [1.54, 1.807) is 0 Å². The normalized spacial score (nSPS) is 25.4. The predicted octanol–water partition coefficient (Wildman–Crippen LogP) is 2.11. The number of benzene rings is 1. The number of hydrogen-bond acceptors (Lipinski definition) is 3. The van der Waals surface area contributed by atoms with Crippen LogP contribution in [0.3, 0.4) is 0 Å². The molecule has 1 aromatic carbocycles. The van der Waals surface area contributed by atoms with Gasteiger partial charge in [-0.25, -0.2) is 4.39 Å². The number of halogens is 1. The van der Waals surface area contributed by atoms with Gasteiger partial charge in [0.25, 0.3) is 5.91 Å². The fourth-order valence-electron chi connectivity index (χ4n) is 3.92. The minimum absolute atomic E-state index is 0.0133. The summed E-state index contributed by atoms with van der Waals surface area (Å²) >= 11 is 0. The Morgan fingerprint density at radius 3 is 2.71 bits per heavy atom. The molecule has 7 heteroatoms. The topological polar surface area (TPSA) is 86.7 Å². The van der Waals surface area contributed by atoms with Crippen molar-refractivity contribution in [1.29, 1.82) is 0 Å². The first-order valence-corrected chi connectivity index (χ1v) is 7.93. The average Bonchev–Trinajstić information content (AvgIpc) is 3.06. The van der Waals surface area contributed by atoms with Crippen molar-refractivity contribution in [3.63, 3.8) is 0 Å². The number of carbonyl (C=O) groups excluding carboxylic acids is 2. The first-order valence-electron chi connectivity index (χ1n) is 7.93. The fourth-order valence-corrected chi connectivity index (χ4v) is 3.92. The van der Waals surface area contributed by atoms with Crippen LogP contribution in [0.2, 0.25) is 0 Å². The van der Waals surface area contributed by atoms with Gasteiger partial charge in [0.15, 0.2) is 0 Å². The van der Waals surface area contributed by atoms with Gasteiger partial charge in [0.2, 0.25) is 5.91 Å². The van der Waals surface area contributed by atoms with Gasteiger partial charge in [-0.1, -0.05) is 6.42 Å². The summed E-state index contributed by atoms with van der Waals surface area (Å²) in [7, 11) is 0. The number of likely N-dealkylation sites (tertiary alicyclic amines) is 1. The van der Waals surface area contributed by atoms with E-state index < -0.39 is 23.1 Å². The summed E-state index contributed by atoms with van der Waals surface area (Å²) < 4.78 is 14.0. The van der Waals surface area contributed by atoms with E-state index in [4.69, 9.17) is 0 Å². The number of carbonyl (C=O) groups is 3. The molecule has 3 rings (SSSR count). The maximum atomic E-state index is 14.0. The van der Waals surface area contributed by atoms with Crippen molar-refractivity contribution >= 4 is 23.5 Å². The van der Waals surface area contributed by atoms with Gasteiger partial charge in [-0.3, -0.25) is 14.4 Å². The minimum atomic E-state index is -0.857. The third-order valence-corrected chi connectivity index (χ3v) is 5.11. The molecular formula is C17H19FN2O4. The highest BCUT2D eigenvalue weighted by atomic mass is 19.1. The van der Waals surface area contributed by atoms with Crippen LogP contribution in [0, 0.1) is 17.2 Å². The molecular weight excluding hydrogens is 315 g/mol. The Kier molecular flexibility index (Phi) is 4.03. The number of rotatable bonds is 3. The van der Waals surface area contributed by atoms with Crippen LogP contribution in [0.15, 0.2) is 18.2 Å². The van der Waals surface area contributed by atoms with Crippen molar-refractivity contribution < 1.29 is 23.9 Å². The first kappa shape index (κ1) is 16.4. The quantitative estimate of drug-likeness (QED) is 0.886. The lowest BCUT2D eigenvalue weighted by Gasteiger charge is -2.23. The van der Waals surface area contributed by atoms with Crippen LogP contribution < -0.4 is 5.32 Å². The van der Waals surface area contributed by atoms with Crippen molar-refractivity contribution in [2.45, 2.75) is 26.2 Å². The van der Waals surface area contributed by atoms with Gasteiger partial charge in [-0.15, -0.1) is 0 Å². The molecule has 0 bridgehead atoms. The summed E-state index contributed by atoms with van der Waals surface area (Å²) in [6.45, 7) is 1.83. The second-order valence-corrected chi connectivity index (χ2v) is 6.61. The molecule has 24 heavy (non-hydrogen) atoms. The number of amides is 2. The summed E-state index contributed by atoms with van der Waals surface area (Å²) in [6.07, 6.45) is 2.23. The molecule has 1 aromatic rings. The maximum absolute atomic E-state index is 14.0. The highest BCUT2D eigenvalue weighted by Gasteiger charge is 2.55. The molecule has 2 atom stereocenters. The molecule has 2 N–H and O–H groups in total. The molecule has 128 valence electrons. The van der Waals surface area contributed by atoms with Crippen molar-refractivity contribution in [2.24, 2.45) is 11.3 Å². The zero-order chi connectivity index (χ0) is 17.5. The van der Waals surface area contributed by atoms with E-state index in [1.807, 2.05) is 0 Å². The molecule has 1 heterocycles. The van der Waals surface area contributed by atoms with Gasteiger partial charge < -0.3 is 15.3 Å². The van der Waals surface area contributed by atoms with Gasteiger partial charge in [-0.05, 0) is 37.0 Å². The van der Waals surface area contributed by atoms with Crippen molar-refractivity contribution in [2.75, 3.05) is 18.4 Å². The summed E-state index contributed by atoms with van der Waals surface area (Å²) in [4.78, 5) is 36.8. The molecule has 2 fully saturated rings. The SMILES string of the molecule is CC(=O)Nc1ccc(C(=O)N2C[C@@H]3CCC[C@@]3(C(=O)O)C2)cc1F. The van der Waals surface area contributed by atoms with Crippen LogP contribution in [-0.4, -0.2) is 40.9 Å². The van der Waals surface area contributed by atoms with Crippen molar-refractivity contribution in [3.05, 3.63) is 29.6 Å². The van der Waals surface area contributed by atoms with Gasteiger partial charge in [0.05, 0.1) is 11.1 Å². The molecule has 0 radical (unpaired) electrons. The molecule has 6 nitrogen and oxygen atoms in total. The third-order valence-electron chi connectivity index (χ3n) is 5.11. The van der Waals surface area contributed by atoms with Crippen LogP contribution in [0.5, 0.6) is 0 Å². The Morgan fingerprint density at radius 2 is 2.12 bits per heavy atom. The summed E-state index contributed by atoms with van der Waals surface area (Å²) in [5, 5.41) is 11.9. The zero-order valence-corrected chi connectivity index (χ0v) is 13.3. The number of anilines is 1. The molecule has 2 aliphatic rings. The van der Waals surface area contributed by atoms with Crippen LogP contribution in [0.25, 0.3) is 0 Å². The Labute approximate surface area is 138 Å². The lowest BCUT2D eigenvalue weighted by atomic mass is 9.81. The second kappa shape index (κ2) is 5.89. The summed E-state index contributed by atoms with van der Waals surface area (Å²) in [5.74, 6) is -2.36. The zero-order valence-electron chi connectivity index (χ0n) is 13.3. The first-order chi connectivity index (χ1) is 11.3. The highest BCUT2D eigenvalue weighted by molar-refractivity contribution is 5.96. The lowest BCUT2D eigenvalue weighted by molar-refractivity contribution is -0.149. The number of fused-ring (bicyclic) bond motifs is 1. The predicted molar refractivity (Wildman–Crippen MR) is 84.0 cm³/mol. The molecule has 1 saturated heterocycles. The number of nitrogens with zero attached hydrogens (tertiary/aromatic N) is 1. The van der Waals surface area contributed by atoms with Crippen molar-refractivity contribution in [3.8, 4) is 0 Å². The number of nitrogens with one attached hydrogen (secondary N) is 1. The number of aliphatic carboxylic acids is 1. The molecule has 1 saturated carbocycles. The van der Waals surface area contributed by atoms with E-state index >= 15 is 0 Å². The molecule has 1 aliphatic heterocycles. The Balaban J connectivity index is 1.79. The van der Waals surface area contributed by atoms with Gasteiger partial charge in [-0.2, -0.15) is 0 Å². The number of hydrogen-bond donors (Lipinski definition) is 2. The van der Waals surface area contributed by atoms with Gasteiger partial charge in [0.1, 0.15) is 5.82 Å². The largest absolute Gasteiger partial charge is 0.481 e. The Hall–Kier alpha value is -2.44. The van der Waals surface area contributed by atoms with Gasteiger partial charge >= 0.3 is 5.97 Å². The average molecular weight is 334 g/mol. The van der Waals surface area contributed by atoms with E-state index in [0.717, 1.165) is 18.9 Å². The third kappa shape index (κ3) is 2.64. The summed E-state index contributed by atoms with van der Waals surface area (Å²) in [6, 6.07) is 3.86. The van der Waals surface area contributed by atoms with Crippen LogP contribution in [-0.2, 0) is 9.59 Å². The summed E-state index contributed by atoms with van der Waals surface area (Å²) in [5.41, 5.74) is -0.689. The lowest BCUT2D eigenvalue weighted by Crippen LogP contribution is -2.37. The van der Waals surface area contributed by atoms with Crippen molar-refractivity contribution in [1.82, 2.24) is 4.90 Å². The van der Waals surface area contributed by atoms with E-state index in [9.17, 15) is 23.9 Å². The standard InChI is InChI=1S/C17H19FN2O4/c1-10(21)19-14-5-4-11(7-13(14)18)15(22)20-8-12-3-2-6-17(12,9-20)16(23)24/h4-5,7,12H,2-3,6,8-9H2,1H3,(H,19,21)(H,23,24)/t12-,17+/m0/s1. The highest BCUT2D eigenvalue weighted by Crippen LogP contribution is 2.49. The molecule has 2 amide bonds. The number of carboxylic acids is 1. The number of carboxylic acid groups (broad SMARTS) is 1. The van der Waals surface area contributed by atoms with Crippen LogP contribution in [0.1, 0.15) is 36.5 Å². The van der Waals surface area contributed by atoms with E-state index in [0.29, 0.717) is 13.0 Å². The smallest absolute Gasteiger partial charge is 0.311 e. The second-order valence-electron chi connectivity index (χ2n) is 6.61. The van der Waals surface area contributed by atoms with Crippen LogP contribution in [0.4, 0.5) is 10.1 Å². The van der Waals surface area contributed by atoms with E-state index in [2.05, 4.69) is 5.32 Å². The fraction of sp³-hybridized carbons (Fsp3) is 0.471. The minimum Gasteiger partial charge on any atom is -0.481 e. The Morgan fingerprint density at radius 1 is 1.38 bits per heavy atom. The monoisotopic (exact) mass is 334 g/mol. The molecule has 1 aliphatic carbocycles. The molecule has 0 aromatic heterocycles. The van der Waals surface area contributed by atoms with Gasteiger partial charge in [0, 0.05) is 25.6 Å². The van der Waals surface area contributed by atoms with E-state index in [1.165, 1.54) is 24.0 Å².